The van der Waals surface area contributed by atoms with Gasteiger partial charge in [-0.05, 0) is 30.3 Å². The van der Waals surface area contributed by atoms with E-state index in [1.807, 2.05) is 0 Å². The molecule has 2 aromatic heterocycles. The fourth-order valence-electron chi connectivity index (χ4n) is 1.75. The van der Waals surface area contributed by atoms with Gasteiger partial charge in [0.15, 0.2) is 11.5 Å². The third-order valence-electron chi connectivity index (χ3n) is 2.65. The Balaban J connectivity index is 2.21. The molecule has 3 rings (SSSR count). The lowest BCUT2D eigenvalue weighted by Gasteiger charge is -1.97. The fraction of sp³-hybridized carbons (Fsp3) is 0. The Bertz CT molecular complexity index is 817. The van der Waals surface area contributed by atoms with Crippen LogP contribution < -0.4 is 0 Å². The summed E-state index contributed by atoms with van der Waals surface area (Å²) in [6, 6.07) is 12.5. The smallest absolute Gasteiger partial charge is 0.182 e. The summed E-state index contributed by atoms with van der Waals surface area (Å²) in [4.78, 5) is 4.36. The van der Waals surface area contributed by atoms with E-state index in [4.69, 9.17) is 28.5 Å². The maximum atomic E-state index is 9.02. The highest BCUT2D eigenvalue weighted by molar-refractivity contribution is 6.42. The van der Waals surface area contributed by atoms with Gasteiger partial charge in [0.2, 0.25) is 0 Å². The normalized spacial score (nSPS) is 10.6. The van der Waals surface area contributed by atoms with Crippen LogP contribution in [0.25, 0.3) is 17.0 Å². The van der Waals surface area contributed by atoms with E-state index < -0.39 is 0 Å². The molecule has 0 radical (unpaired) electrons. The van der Waals surface area contributed by atoms with Gasteiger partial charge in [0, 0.05) is 5.56 Å². The third kappa shape index (κ3) is 2.03. The molecule has 19 heavy (non-hydrogen) atoms. The average molecular weight is 289 g/mol. The molecule has 0 amide bonds. The van der Waals surface area contributed by atoms with Crippen molar-refractivity contribution in [3.05, 3.63) is 52.1 Å². The Labute approximate surface area is 118 Å². The van der Waals surface area contributed by atoms with Gasteiger partial charge in [-0.3, -0.25) is 0 Å². The second-order valence-corrected chi connectivity index (χ2v) is 4.67. The molecule has 0 aliphatic rings. The second-order valence-electron chi connectivity index (χ2n) is 3.86. The molecule has 0 aliphatic carbocycles. The van der Waals surface area contributed by atoms with Crippen LogP contribution in [0.4, 0.5) is 0 Å². The number of hydrogen-bond acceptors (Lipinski definition) is 3. The van der Waals surface area contributed by atoms with E-state index in [1.54, 1.807) is 36.4 Å². The molecule has 2 heterocycles. The van der Waals surface area contributed by atoms with Gasteiger partial charge in [-0.15, -0.1) is 5.10 Å². The highest BCUT2D eigenvalue weighted by Crippen LogP contribution is 2.27. The van der Waals surface area contributed by atoms with Gasteiger partial charge in [0.05, 0.1) is 10.0 Å². The van der Waals surface area contributed by atoms with Gasteiger partial charge in [-0.25, -0.2) is 9.50 Å². The molecule has 0 bridgehead atoms. The van der Waals surface area contributed by atoms with Crippen molar-refractivity contribution in [1.82, 2.24) is 14.6 Å². The number of pyridine rings is 1. The van der Waals surface area contributed by atoms with E-state index in [0.717, 1.165) is 5.56 Å². The van der Waals surface area contributed by atoms with Gasteiger partial charge < -0.3 is 0 Å². The zero-order valence-corrected chi connectivity index (χ0v) is 11.0. The van der Waals surface area contributed by atoms with E-state index >= 15 is 0 Å². The molecule has 1 aromatic carbocycles. The molecular formula is C13H6Cl2N4. The summed E-state index contributed by atoms with van der Waals surface area (Å²) in [7, 11) is 0. The number of rotatable bonds is 1. The van der Waals surface area contributed by atoms with Crippen LogP contribution in [0, 0.1) is 11.3 Å². The molecule has 4 nitrogen and oxygen atoms in total. The summed E-state index contributed by atoms with van der Waals surface area (Å²) in [5.74, 6) is 0.501. The first kappa shape index (κ1) is 12.0. The van der Waals surface area contributed by atoms with Crippen molar-refractivity contribution >= 4 is 28.8 Å². The molecule has 0 fully saturated rings. The molecule has 92 valence electrons. The van der Waals surface area contributed by atoms with Crippen molar-refractivity contribution in [2.24, 2.45) is 0 Å². The summed E-state index contributed by atoms with van der Waals surface area (Å²) >= 11 is 11.8. The monoisotopic (exact) mass is 288 g/mol. The molecule has 0 atom stereocenters. The standard InChI is InChI=1S/C13H6Cl2N4/c14-10-5-4-8(6-11(10)15)13-17-12-3-1-2-9(7-16)19(12)18-13/h1-6H. The number of nitriles is 1. The Morgan fingerprint density at radius 3 is 2.68 bits per heavy atom. The Morgan fingerprint density at radius 1 is 1.11 bits per heavy atom. The van der Waals surface area contributed by atoms with Crippen LogP contribution in [0.15, 0.2) is 36.4 Å². The van der Waals surface area contributed by atoms with Gasteiger partial charge in [-0.2, -0.15) is 5.26 Å². The van der Waals surface area contributed by atoms with Crippen molar-refractivity contribution in [1.29, 1.82) is 5.26 Å². The van der Waals surface area contributed by atoms with Gasteiger partial charge >= 0.3 is 0 Å². The van der Waals surface area contributed by atoms with Crippen LogP contribution in [0.3, 0.4) is 0 Å². The maximum Gasteiger partial charge on any atom is 0.182 e. The predicted molar refractivity (Wildman–Crippen MR) is 73.2 cm³/mol. The average Bonchev–Trinajstić information content (AvgIpc) is 2.85. The van der Waals surface area contributed by atoms with Crippen LogP contribution in [0.1, 0.15) is 5.69 Å². The van der Waals surface area contributed by atoms with Gasteiger partial charge in [0.1, 0.15) is 11.8 Å². The molecule has 0 aliphatic heterocycles. The summed E-state index contributed by atoms with van der Waals surface area (Å²) in [5.41, 5.74) is 1.79. The quantitative estimate of drug-likeness (QED) is 0.688. The fourth-order valence-corrected chi connectivity index (χ4v) is 2.05. The lowest BCUT2D eigenvalue weighted by molar-refractivity contribution is 0.945. The Hall–Kier alpha value is -2.09. The molecule has 0 N–H and O–H groups in total. The largest absolute Gasteiger partial charge is 0.207 e. The Kier molecular flexibility index (Phi) is 2.86. The lowest BCUT2D eigenvalue weighted by atomic mass is 10.2. The minimum Gasteiger partial charge on any atom is -0.207 e. The van der Waals surface area contributed by atoms with E-state index in [2.05, 4.69) is 16.2 Å². The highest BCUT2D eigenvalue weighted by Gasteiger charge is 2.10. The second kappa shape index (κ2) is 4.54. The van der Waals surface area contributed by atoms with Gasteiger partial charge in [-0.1, -0.05) is 29.3 Å². The first-order valence-corrected chi connectivity index (χ1v) is 6.16. The van der Waals surface area contributed by atoms with E-state index in [0.29, 0.717) is 27.2 Å². The number of hydrogen-bond donors (Lipinski definition) is 0. The summed E-state index contributed by atoms with van der Waals surface area (Å²) < 4.78 is 1.50. The molecule has 0 saturated heterocycles. The molecular weight excluding hydrogens is 283 g/mol. The zero-order chi connectivity index (χ0) is 13.4. The minimum atomic E-state index is 0.427. The minimum absolute atomic E-state index is 0.427. The molecule has 0 spiro atoms. The van der Waals surface area contributed by atoms with Crippen LogP contribution in [-0.2, 0) is 0 Å². The van der Waals surface area contributed by atoms with Gasteiger partial charge in [0.25, 0.3) is 0 Å². The predicted octanol–water partition coefficient (Wildman–Crippen LogP) is 3.57. The number of fused-ring (bicyclic) bond motifs is 1. The van der Waals surface area contributed by atoms with Crippen molar-refractivity contribution in [2.75, 3.05) is 0 Å². The summed E-state index contributed by atoms with van der Waals surface area (Å²) in [6.45, 7) is 0. The van der Waals surface area contributed by atoms with Crippen molar-refractivity contribution in [2.45, 2.75) is 0 Å². The molecule has 3 aromatic rings. The Morgan fingerprint density at radius 2 is 1.95 bits per heavy atom. The van der Waals surface area contributed by atoms with Crippen LogP contribution in [-0.4, -0.2) is 14.6 Å². The summed E-state index contributed by atoms with van der Waals surface area (Å²) in [6.07, 6.45) is 0. The zero-order valence-electron chi connectivity index (χ0n) is 9.51. The molecule has 0 saturated carbocycles. The SMILES string of the molecule is N#Cc1cccc2nc(-c3ccc(Cl)c(Cl)c3)nn12. The van der Waals surface area contributed by atoms with Crippen LogP contribution >= 0.6 is 23.2 Å². The first-order chi connectivity index (χ1) is 9.19. The van der Waals surface area contributed by atoms with Crippen LogP contribution in [0.2, 0.25) is 10.0 Å². The first-order valence-electron chi connectivity index (χ1n) is 5.40. The van der Waals surface area contributed by atoms with Crippen molar-refractivity contribution in [3.8, 4) is 17.5 Å². The molecule has 0 unspecified atom stereocenters. The topological polar surface area (TPSA) is 54.0 Å². The highest BCUT2D eigenvalue weighted by atomic mass is 35.5. The summed E-state index contributed by atoms with van der Waals surface area (Å²) in [5, 5.41) is 14.2. The number of halogens is 2. The number of benzene rings is 1. The van der Waals surface area contributed by atoms with E-state index in [9.17, 15) is 0 Å². The van der Waals surface area contributed by atoms with E-state index in [-0.39, 0.29) is 0 Å². The number of nitrogens with zero attached hydrogens (tertiary/aromatic N) is 4. The maximum absolute atomic E-state index is 9.02. The lowest BCUT2D eigenvalue weighted by Crippen LogP contribution is -1.93. The third-order valence-corrected chi connectivity index (χ3v) is 3.39. The molecule has 6 heteroatoms. The number of aromatic nitrogens is 3. The van der Waals surface area contributed by atoms with Crippen molar-refractivity contribution < 1.29 is 0 Å². The van der Waals surface area contributed by atoms with Crippen LogP contribution in [0.5, 0.6) is 0 Å². The van der Waals surface area contributed by atoms with Crippen molar-refractivity contribution in [3.63, 3.8) is 0 Å². The van der Waals surface area contributed by atoms with E-state index in [1.165, 1.54) is 4.52 Å².